The van der Waals surface area contributed by atoms with Gasteiger partial charge in [-0.3, -0.25) is 0 Å². The SMILES string of the molecule is CCCN(CCC(C)(CO)NC)C(C)C. The summed E-state index contributed by atoms with van der Waals surface area (Å²) in [5.74, 6) is 0. The van der Waals surface area contributed by atoms with E-state index < -0.39 is 0 Å². The molecule has 0 saturated carbocycles. The topological polar surface area (TPSA) is 35.5 Å². The molecule has 0 aliphatic rings. The first-order valence-corrected chi connectivity index (χ1v) is 6.03. The molecule has 0 radical (unpaired) electrons. The van der Waals surface area contributed by atoms with Gasteiger partial charge in [0.05, 0.1) is 6.61 Å². The van der Waals surface area contributed by atoms with E-state index in [-0.39, 0.29) is 12.1 Å². The van der Waals surface area contributed by atoms with Gasteiger partial charge in [-0.25, -0.2) is 0 Å². The lowest BCUT2D eigenvalue weighted by Crippen LogP contribution is -2.47. The van der Waals surface area contributed by atoms with Gasteiger partial charge in [0, 0.05) is 18.1 Å². The second-order valence-corrected chi connectivity index (χ2v) is 4.85. The summed E-state index contributed by atoms with van der Waals surface area (Å²) >= 11 is 0. The highest BCUT2D eigenvalue weighted by molar-refractivity contribution is 4.82. The van der Waals surface area contributed by atoms with Crippen molar-refractivity contribution < 1.29 is 5.11 Å². The molecule has 0 heterocycles. The van der Waals surface area contributed by atoms with E-state index in [0.717, 1.165) is 19.5 Å². The van der Waals surface area contributed by atoms with Gasteiger partial charge in [0.2, 0.25) is 0 Å². The van der Waals surface area contributed by atoms with Gasteiger partial charge >= 0.3 is 0 Å². The van der Waals surface area contributed by atoms with Crippen LogP contribution in [0, 0.1) is 0 Å². The first kappa shape index (κ1) is 14.9. The molecule has 92 valence electrons. The molecule has 0 aromatic carbocycles. The first-order chi connectivity index (χ1) is 6.99. The lowest BCUT2D eigenvalue weighted by molar-refractivity contribution is 0.140. The number of hydrogen-bond acceptors (Lipinski definition) is 3. The van der Waals surface area contributed by atoms with Gasteiger partial charge in [0.15, 0.2) is 0 Å². The summed E-state index contributed by atoms with van der Waals surface area (Å²) in [5.41, 5.74) is -0.138. The minimum atomic E-state index is -0.138. The van der Waals surface area contributed by atoms with Gasteiger partial charge in [0.1, 0.15) is 0 Å². The molecule has 0 aliphatic heterocycles. The molecule has 0 rings (SSSR count). The van der Waals surface area contributed by atoms with E-state index in [1.165, 1.54) is 6.42 Å². The summed E-state index contributed by atoms with van der Waals surface area (Å²) in [5, 5.41) is 12.5. The molecule has 15 heavy (non-hydrogen) atoms. The quantitative estimate of drug-likeness (QED) is 0.645. The van der Waals surface area contributed by atoms with Crippen LogP contribution in [0.2, 0.25) is 0 Å². The van der Waals surface area contributed by atoms with Crippen molar-refractivity contribution in [3.8, 4) is 0 Å². The van der Waals surface area contributed by atoms with Gasteiger partial charge in [-0.05, 0) is 47.2 Å². The molecule has 0 aromatic heterocycles. The monoisotopic (exact) mass is 216 g/mol. The van der Waals surface area contributed by atoms with Crippen molar-refractivity contribution in [2.24, 2.45) is 0 Å². The van der Waals surface area contributed by atoms with Gasteiger partial charge in [-0.2, -0.15) is 0 Å². The fraction of sp³-hybridized carbons (Fsp3) is 1.00. The maximum atomic E-state index is 9.29. The minimum absolute atomic E-state index is 0.138. The van der Waals surface area contributed by atoms with Crippen LogP contribution in [0.1, 0.15) is 40.5 Å². The molecule has 0 aliphatic carbocycles. The van der Waals surface area contributed by atoms with Crippen LogP contribution < -0.4 is 5.32 Å². The van der Waals surface area contributed by atoms with Gasteiger partial charge in [-0.1, -0.05) is 6.92 Å². The van der Waals surface area contributed by atoms with Crippen LogP contribution in [0.5, 0.6) is 0 Å². The standard InChI is InChI=1S/C12H28N2O/c1-6-8-14(11(2)3)9-7-12(4,10-15)13-5/h11,13,15H,6-10H2,1-5H3. The van der Waals surface area contributed by atoms with Crippen LogP contribution in [0.3, 0.4) is 0 Å². The molecule has 0 amide bonds. The Morgan fingerprint density at radius 3 is 2.27 bits per heavy atom. The van der Waals surface area contributed by atoms with Crippen molar-refractivity contribution in [3.05, 3.63) is 0 Å². The number of hydrogen-bond donors (Lipinski definition) is 2. The van der Waals surface area contributed by atoms with Crippen molar-refractivity contribution in [1.82, 2.24) is 10.2 Å². The van der Waals surface area contributed by atoms with E-state index in [2.05, 4.69) is 37.9 Å². The van der Waals surface area contributed by atoms with Crippen molar-refractivity contribution in [1.29, 1.82) is 0 Å². The zero-order valence-corrected chi connectivity index (χ0v) is 11.0. The Kier molecular flexibility index (Phi) is 7.14. The van der Waals surface area contributed by atoms with Gasteiger partial charge in [0.25, 0.3) is 0 Å². The number of aliphatic hydroxyl groups is 1. The molecule has 3 nitrogen and oxygen atoms in total. The highest BCUT2D eigenvalue weighted by Gasteiger charge is 2.22. The Balaban J connectivity index is 4.07. The van der Waals surface area contributed by atoms with Crippen LogP contribution in [0.25, 0.3) is 0 Å². The second-order valence-electron chi connectivity index (χ2n) is 4.85. The van der Waals surface area contributed by atoms with Crippen molar-refractivity contribution in [3.63, 3.8) is 0 Å². The van der Waals surface area contributed by atoms with Crippen molar-refractivity contribution >= 4 is 0 Å². The lowest BCUT2D eigenvalue weighted by Gasteiger charge is -2.32. The Morgan fingerprint density at radius 2 is 1.93 bits per heavy atom. The molecule has 1 unspecified atom stereocenters. The average molecular weight is 216 g/mol. The number of nitrogens with zero attached hydrogens (tertiary/aromatic N) is 1. The maximum Gasteiger partial charge on any atom is 0.0610 e. The molecular formula is C12H28N2O. The molecule has 0 bridgehead atoms. The Hall–Kier alpha value is -0.120. The van der Waals surface area contributed by atoms with E-state index >= 15 is 0 Å². The second kappa shape index (κ2) is 7.20. The minimum Gasteiger partial charge on any atom is -0.394 e. The fourth-order valence-corrected chi connectivity index (χ4v) is 1.59. The smallest absolute Gasteiger partial charge is 0.0610 e. The van der Waals surface area contributed by atoms with E-state index in [1.54, 1.807) is 0 Å². The summed E-state index contributed by atoms with van der Waals surface area (Å²) in [6.07, 6.45) is 2.17. The van der Waals surface area contributed by atoms with E-state index in [9.17, 15) is 5.11 Å². The van der Waals surface area contributed by atoms with Crippen molar-refractivity contribution in [2.45, 2.75) is 52.1 Å². The summed E-state index contributed by atoms with van der Waals surface area (Å²) in [7, 11) is 1.91. The summed E-state index contributed by atoms with van der Waals surface area (Å²) in [6.45, 7) is 11.1. The fourth-order valence-electron chi connectivity index (χ4n) is 1.59. The highest BCUT2D eigenvalue weighted by atomic mass is 16.3. The average Bonchev–Trinajstić information content (AvgIpc) is 2.23. The maximum absolute atomic E-state index is 9.29. The number of rotatable bonds is 8. The molecule has 0 aromatic rings. The van der Waals surface area contributed by atoms with Crippen molar-refractivity contribution in [2.75, 3.05) is 26.7 Å². The molecule has 0 spiro atoms. The third kappa shape index (κ3) is 5.50. The molecule has 3 heteroatoms. The molecular weight excluding hydrogens is 188 g/mol. The summed E-state index contributed by atoms with van der Waals surface area (Å²) in [6, 6.07) is 0.588. The predicted octanol–water partition coefficient (Wildman–Crippen LogP) is 1.47. The number of likely N-dealkylation sites (N-methyl/N-ethyl adjacent to an activating group) is 1. The van der Waals surface area contributed by atoms with Crippen LogP contribution in [-0.2, 0) is 0 Å². The number of nitrogens with one attached hydrogen (secondary N) is 1. The largest absolute Gasteiger partial charge is 0.394 e. The highest BCUT2D eigenvalue weighted by Crippen LogP contribution is 2.11. The van der Waals surface area contributed by atoms with E-state index in [4.69, 9.17) is 0 Å². The van der Waals surface area contributed by atoms with E-state index in [1.807, 2.05) is 7.05 Å². The predicted molar refractivity (Wildman–Crippen MR) is 66.2 cm³/mol. The third-order valence-electron chi connectivity index (χ3n) is 3.14. The number of aliphatic hydroxyl groups excluding tert-OH is 1. The first-order valence-electron chi connectivity index (χ1n) is 6.03. The van der Waals surface area contributed by atoms with Crippen LogP contribution in [-0.4, -0.2) is 48.3 Å². The normalized spacial score (nSPS) is 16.0. The zero-order valence-electron chi connectivity index (χ0n) is 11.0. The zero-order chi connectivity index (χ0) is 11.9. The van der Waals surface area contributed by atoms with Gasteiger partial charge in [-0.15, -0.1) is 0 Å². The van der Waals surface area contributed by atoms with Crippen LogP contribution in [0.4, 0.5) is 0 Å². The summed E-state index contributed by atoms with van der Waals surface area (Å²) in [4.78, 5) is 2.46. The van der Waals surface area contributed by atoms with Crippen LogP contribution >= 0.6 is 0 Å². The van der Waals surface area contributed by atoms with Gasteiger partial charge < -0.3 is 15.3 Å². The van der Waals surface area contributed by atoms with Crippen LogP contribution in [0.15, 0.2) is 0 Å². The third-order valence-corrected chi connectivity index (χ3v) is 3.14. The lowest BCUT2D eigenvalue weighted by atomic mass is 9.98. The van der Waals surface area contributed by atoms with E-state index in [0.29, 0.717) is 6.04 Å². The molecule has 0 saturated heterocycles. The Labute approximate surface area is 94.9 Å². The summed E-state index contributed by atoms with van der Waals surface area (Å²) < 4.78 is 0. The molecule has 2 N–H and O–H groups in total. The molecule has 0 fully saturated rings. The molecule has 1 atom stereocenters. The Morgan fingerprint density at radius 1 is 1.33 bits per heavy atom. The Bertz CT molecular complexity index is 156.